The normalized spacial score (nSPS) is 17.2. The first-order valence-electron chi connectivity index (χ1n) is 11.5. The van der Waals surface area contributed by atoms with Gasteiger partial charge in [-0.25, -0.2) is 0 Å². The Morgan fingerprint density at radius 3 is 2.68 bits per heavy atom. The number of aliphatic imine (C=N–C) groups is 1. The van der Waals surface area contributed by atoms with Crippen LogP contribution in [0.4, 0.5) is 0 Å². The van der Waals surface area contributed by atoms with Gasteiger partial charge >= 0.3 is 0 Å². The number of hydrogen-bond acceptors (Lipinski definition) is 3. The van der Waals surface area contributed by atoms with Crippen molar-refractivity contribution < 1.29 is 9.53 Å². The van der Waals surface area contributed by atoms with E-state index < -0.39 is 0 Å². The summed E-state index contributed by atoms with van der Waals surface area (Å²) < 4.78 is 5.28. The van der Waals surface area contributed by atoms with E-state index in [1.165, 1.54) is 30.4 Å². The maximum absolute atomic E-state index is 12.6. The number of nitrogens with zero attached hydrogens (tertiary/aromatic N) is 2. The molecule has 0 unspecified atom stereocenters. The molecule has 1 saturated carbocycles. The number of nitrogens with one attached hydrogen (secondary N) is 2. The van der Waals surface area contributed by atoms with Gasteiger partial charge in [0.05, 0.1) is 0 Å². The van der Waals surface area contributed by atoms with Crippen LogP contribution in [0.15, 0.2) is 29.3 Å². The Bertz CT molecular complexity index is 721. The van der Waals surface area contributed by atoms with Crippen molar-refractivity contribution in [3.05, 3.63) is 35.4 Å². The fourth-order valence-corrected chi connectivity index (χ4v) is 4.38. The highest BCUT2D eigenvalue weighted by atomic mass is 127. The molecule has 7 heteroatoms. The van der Waals surface area contributed by atoms with Crippen LogP contribution in [0.2, 0.25) is 0 Å². The van der Waals surface area contributed by atoms with Crippen molar-refractivity contribution in [3.63, 3.8) is 0 Å². The van der Waals surface area contributed by atoms with Gasteiger partial charge in [-0.1, -0.05) is 30.7 Å². The second-order valence-electron chi connectivity index (χ2n) is 8.66. The first kappa shape index (κ1) is 25.9. The SMILES string of the molecule is CCNC(=NCC1(CCOC)CCC1)NCCCC(=O)N1CCc2ccccc2C1.I. The number of fused-ring (bicyclic) bond motifs is 1. The molecular formula is C24H39IN4O2. The summed E-state index contributed by atoms with van der Waals surface area (Å²) in [6.07, 6.45) is 7.22. The molecule has 0 atom stereocenters. The quantitative estimate of drug-likeness (QED) is 0.205. The van der Waals surface area contributed by atoms with Crippen LogP contribution in [0, 0.1) is 5.41 Å². The molecule has 31 heavy (non-hydrogen) atoms. The van der Waals surface area contributed by atoms with Gasteiger partial charge in [-0.2, -0.15) is 0 Å². The number of benzene rings is 1. The van der Waals surface area contributed by atoms with Gasteiger partial charge in [-0.05, 0) is 55.6 Å². The van der Waals surface area contributed by atoms with Crippen molar-refractivity contribution >= 4 is 35.8 Å². The number of halogens is 1. The first-order valence-corrected chi connectivity index (χ1v) is 11.5. The van der Waals surface area contributed by atoms with E-state index in [0.29, 0.717) is 11.8 Å². The summed E-state index contributed by atoms with van der Waals surface area (Å²) in [5.74, 6) is 1.11. The zero-order valence-corrected chi connectivity index (χ0v) is 21.5. The monoisotopic (exact) mass is 542 g/mol. The fourth-order valence-electron chi connectivity index (χ4n) is 4.38. The summed E-state index contributed by atoms with van der Waals surface area (Å²) in [6, 6.07) is 8.44. The predicted molar refractivity (Wildman–Crippen MR) is 137 cm³/mol. The highest BCUT2D eigenvalue weighted by Gasteiger charge is 2.36. The Labute approximate surface area is 204 Å². The third-order valence-electron chi connectivity index (χ3n) is 6.51. The molecule has 1 heterocycles. The molecule has 0 saturated heterocycles. The van der Waals surface area contributed by atoms with Crippen LogP contribution in [-0.2, 0) is 22.5 Å². The fraction of sp³-hybridized carbons (Fsp3) is 0.667. The van der Waals surface area contributed by atoms with Crippen molar-refractivity contribution in [2.24, 2.45) is 10.4 Å². The molecule has 1 aromatic rings. The van der Waals surface area contributed by atoms with Crippen molar-refractivity contribution in [2.75, 3.05) is 39.9 Å². The van der Waals surface area contributed by atoms with Crippen LogP contribution in [0.5, 0.6) is 0 Å². The molecule has 1 aromatic carbocycles. The summed E-state index contributed by atoms with van der Waals surface area (Å²) in [6.45, 7) is 6.91. The van der Waals surface area contributed by atoms with E-state index in [0.717, 1.165) is 64.6 Å². The van der Waals surface area contributed by atoms with Gasteiger partial charge in [0.15, 0.2) is 5.96 Å². The lowest BCUT2D eigenvalue weighted by Gasteiger charge is -2.40. The molecule has 174 valence electrons. The van der Waals surface area contributed by atoms with Crippen LogP contribution in [0.25, 0.3) is 0 Å². The molecule has 0 spiro atoms. The van der Waals surface area contributed by atoms with E-state index in [9.17, 15) is 4.79 Å². The van der Waals surface area contributed by atoms with Crippen LogP contribution >= 0.6 is 24.0 Å². The smallest absolute Gasteiger partial charge is 0.222 e. The molecule has 0 radical (unpaired) electrons. The third-order valence-corrected chi connectivity index (χ3v) is 6.51. The standard InChI is InChI=1S/C24H38N4O2.HI/c1-3-25-23(27-19-24(12-7-13-24)14-17-30-2)26-15-6-10-22(29)28-16-11-20-8-4-5-9-21(20)18-28;/h4-5,8-9H,3,6-7,10-19H2,1-2H3,(H2,25,26,27);1H. The van der Waals surface area contributed by atoms with Gasteiger partial charge in [-0.15, -0.1) is 24.0 Å². The summed E-state index contributed by atoms with van der Waals surface area (Å²) >= 11 is 0. The molecule has 0 aromatic heterocycles. The van der Waals surface area contributed by atoms with Crippen molar-refractivity contribution in [1.29, 1.82) is 0 Å². The lowest BCUT2D eigenvalue weighted by molar-refractivity contribution is -0.132. The molecular weight excluding hydrogens is 503 g/mol. The number of methoxy groups -OCH3 is 1. The molecule has 2 aliphatic rings. The summed E-state index contributed by atoms with van der Waals surface area (Å²) in [5.41, 5.74) is 2.98. The minimum absolute atomic E-state index is 0. The van der Waals surface area contributed by atoms with E-state index in [1.807, 2.05) is 4.90 Å². The Morgan fingerprint density at radius 2 is 2.00 bits per heavy atom. The first-order chi connectivity index (χ1) is 14.7. The molecule has 1 aliphatic carbocycles. The Hall–Kier alpha value is -1.35. The maximum atomic E-state index is 12.6. The Kier molecular flexibility index (Phi) is 11.1. The number of hydrogen-bond donors (Lipinski definition) is 2. The summed E-state index contributed by atoms with van der Waals surface area (Å²) in [5, 5.41) is 6.74. The third kappa shape index (κ3) is 7.63. The molecule has 1 amide bonds. The molecule has 6 nitrogen and oxygen atoms in total. The number of amides is 1. The number of carbonyl (C=O) groups is 1. The average Bonchev–Trinajstić information content (AvgIpc) is 2.75. The lowest BCUT2D eigenvalue weighted by Crippen LogP contribution is -2.41. The van der Waals surface area contributed by atoms with Crippen molar-refractivity contribution in [1.82, 2.24) is 15.5 Å². The Balaban J connectivity index is 0.00000341. The van der Waals surface area contributed by atoms with E-state index in [-0.39, 0.29) is 29.9 Å². The topological polar surface area (TPSA) is 66.0 Å². The van der Waals surface area contributed by atoms with Gasteiger partial charge < -0.3 is 20.3 Å². The number of ether oxygens (including phenoxy) is 1. The highest BCUT2D eigenvalue weighted by Crippen LogP contribution is 2.44. The van der Waals surface area contributed by atoms with E-state index in [4.69, 9.17) is 9.73 Å². The van der Waals surface area contributed by atoms with Gasteiger partial charge in [0.1, 0.15) is 0 Å². The largest absolute Gasteiger partial charge is 0.385 e. The minimum atomic E-state index is 0. The molecule has 1 aliphatic heterocycles. The minimum Gasteiger partial charge on any atom is -0.385 e. The van der Waals surface area contributed by atoms with Crippen molar-refractivity contribution in [3.8, 4) is 0 Å². The van der Waals surface area contributed by atoms with Gasteiger partial charge in [-0.3, -0.25) is 9.79 Å². The molecule has 1 fully saturated rings. The van der Waals surface area contributed by atoms with E-state index in [1.54, 1.807) is 7.11 Å². The number of rotatable bonds is 10. The van der Waals surface area contributed by atoms with Crippen LogP contribution < -0.4 is 10.6 Å². The van der Waals surface area contributed by atoms with E-state index in [2.05, 4.69) is 41.8 Å². The summed E-state index contributed by atoms with van der Waals surface area (Å²) in [7, 11) is 1.77. The van der Waals surface area contributed by atoms with Gasteiger partial charge in [0.25, 0.3) is 0 Å². The van der Waals surface area contributed by atoms with Crippen LogP contribution in [-0.4, -0.2) is 56.7 Å². The second-order valence-corrected chi connectivity index (χ2v) is 8.66. The number of guanidine groups is 1. The maximum Gasteiger partial charge on any atom is 0.222 e. The highest BCUT2D eigenvalue weighted by molar-refractivity contribution is 14.0. The zero-order valence-electron chi connectivity index (χ0n) is 19.1. The second kappa shape index (κ2) is 13.3. The van der Waals surface area contributed by atoms with Gasteiger partial charge in [0.2, 0.25) is 5.91 Å². The predicted octanol–water partition coefficient (Wildman–Crippen LogP) is 3.73. The zero-order chi connectivity index (χ0) is 21.2. The molecule has 2 N–H and O–H groups in total. The van der Waals surface area contributed by atoms with Crippen LogP contribution in [0.3, 0.4) is 0 Å². The lowest BCUT2D eigenvalue weighted by atomic mass is 9.67. The summed E-state index contributed by atoms with van der Waals surface area (Å²) in [4.78, 5) is 19.5. The van der Waals surface area contributed by atoms with E-state index >= 15 is 0 Å². The number of carbonyl (C=O) groups excluding carboxylic acids is 1. The molecule has 0 bridgehead atoms. The molecule has 3 rings (SSSR count). The Morgan fingerprint density at radius 1 is 1.23 bits per heavy atom. The van der Waals surface area contributed by atoms with Crippen LogP contribution in [0.1, 0.15) is 56.6 Å². The van der Waals surface area contributed by atoms with Gasteiger partial charge in [0, 0.05) is 52.9 Å². The average molecular weight is 543 g/mol. The van der Waals surface area contributed by atoms with Crippen molar-refractivity contribution in [2.45, 2.75) is 58.4 Å².